The number of nitrogens with zero attached hydrogens (tertiary/aromatic N) is 1. The molecule has 5 nitrogen and oxygen atoms in total. The van der Waals surface area contributed by atoms with Crippen molar-refractivity contribution < 1.29 is 19.1 Å². The van der Waals surface area contributed by atoms with Crippen molar-refractivity contribution in [3.63, 3.8) is 0 Å². The molecule has 0 fully saturated rings. The van der Waals surface area contributed by atoms with E-state index in [0.717, 1.165) is 43.4 Å². The van der Waals surface area contributed by atoms with Crippen molar-refractivity contribution in [2.75, 3.05) is 0 Å². The fraction of sp³-hybridized carbons (Fsp3) is 0.483. The zero-order valence-corrected chi connectivity index (χ0v) is 20.9. The van der Waals surface area contributed by atoms with E-state index in [1.54, 1.807) is 19.2 Å². The first kappa shape index (κ1) is 27.3. The van der Waals surface area contributed by atoms with Crippen molar-refractivity contribution in [2.45, 2.75) is 91.1 Å². The second-order valence-corrected chi connectivity index (χ2v) is 8.60. The molecule has 2 rings (SSSR count). The first-order chi connectivity index (χ1) is 16.5. The van der Waals surface area contributed by atoms with Crippen molar-refractivity contribution in [1.29, 1.82) is 0 Å². The smallest absolute Gasteiger partial charge is 0.311 e. The second-order valence-electron chi connectivity index (χ2n) is 8.60. The van der Waals surface area contributed by atoms with Crippen LogP contribution in [-0.4, -0.2) is 23.0 Å². The highest BCUT2D eigenvalue weighted by Crippen LogP contribution is 2.21. The molecule has 0 bridgehead atoms. The molecule has 0 amide bonds. The Balaban J connectivity index is 1.74. The number of carbonyl (C=O) groups is 2. The molecule has 1 unspecified atom stereocenters. The summed E-state index contributed by atoms with van der Waals surface area (Å²) in [6.45, 7) is 5.93. The lowest BCUT2D eigenvalue weighted by Gasteiger charge is -2.12. The van der Waals surface area contributed by atoms with Crippen molar-refractivity contribution in [3.8, 4) is 17.0 Å². The maximum atomic E-state index is 12.1. The fourth-order valence-corrected chi connectivity index (χ4v) is 3.48. The van der Waals surface area contributed by atoms with Gasteiger partial charge in [0.1, 0.15) is 5.75 Å². The fourth-order valence-electron chi connectivity index (χ4n) is 3.48. The highest BCUT2D eigenvalue weighted by atomic mass is 16.5. The lowest BCUT2D eigenvalue weighted by Crippen LogP contribution is -2.14. The van der Waals surface area contributed by atoms with Gasteiger partial charge in [-0.2, -0.15) is 0 Å². The third kappa shape index (κ3) is 10.8. The molecule has 184 valence electrons. The van der Waals surface area contributed by atoms with E-state index >= 15 is 0 Å². The van der Waals surface area contributed by atoms with Crippen LogP contribution in [0, 0.1) is 0 Å². The summed E-state index contributed by atoms with van der Waals surface area (Å²) in [6.07, 6.45) is 14.9. The summed E-state index contributed by atoms with van der Waals surface area (Å²) >= 11 is 0. The Bertz CT molecular complexity index is 887. The molecule has 0 N–H and O–H groups in total. The largest absolute Gasteiger partial charge is 0.463 e. The lowest BCUT2D eigenvalue weighted by atomic mass is 10.0. The van der Waals surface area contributed by atoms with Crippen LogP contribution in [-0.2, 0) is 20.7 Å². The standard InChI is InChI=1S/C29H39NO4/c1-4-6-7-8-9-10-11-12-13-29(32)34-26-20-21-27(30-22-26)25-18-16-24(17-19-25)15-14-23(3)33-28(31)5-2/h9-10,16-23H,4-8,11-15H2,1-3H3. The van der Waals surface area contributed by atoms with Gasteiger partial charge in [0.2, 0.25) is 0 Å². The quantitative estimate of drug-likeness (QED) is 0.158. The Morgan fingerprint density at radius 1 is 0.941 bits per heavy atom. The summed E-state index contributed by atoms with van der Waals surface area (Å²) in [4.78, 5) is 27.9. The molecule has 34 heavy (non-hydrogen) atoms. The molecule has 0 aliphatic heterocycles. The van der Waals surface area contributed by atoms with Crippen LogP contribution >= 0.6 is 0 Å². The molecule has 0 radical (unpaired) electrons. The molecule has 0 saturated heterocycles. The number of rotatable bonds is 15. The maximum Gasteiger partial charge on any atom is 0.311 e. The topological polar surface area (TPSA) is 65.5 Å². The Morgan fingerprint density at radius 3 is 2.32 bits per heavy atom. The molecule has 0 spiro atoms. The molecule has 0 saturated carbocycles. The highest BCUT2D eigenvalue weighted by Gasteiger charge is 2.09. The van der Waals surface area contributed by atoms with Gasteiger partial charge in [0.05, 0.1) is 18.0 Å². The van der Waals surface area contributed by atoms with Crippen molar-refractivity contribution in [1.82, 2.24) is 4.98 Å². The average molecular weight is 466 g/mol. The number of unbranched alkanes of at least 4 members (excludes halogenated alkanes) is 4. The molecular formula is C29H39NO4. The SMILES string of the molecule is CCCCCC=CCCCC(=O)Oc1ccc(-c2ccc(CCC(C)OC(=O)CC)cc2)nc1. The molecule has 1 aromatic heterocycles. The van der Waals surface area contributed by atoms with E-state index in [1.807, 2.05) is 25.1 Å². The number of aromatic nitrogens is 1. The molecule has 1 aromatic carbocycles. The Morgan fingerprint density at radius 2 is 1.68 bits per heavy atom. The van der Waals surface area contributed by atoms with E-state index < -0.39 is 0 Å². The third-order valence-electron chi connectivity index (χ3n) is 5.57. The number of esters is 2. The monoisotopic (exact) mass is 465 g/mol. The number of hydrogen-bond acceptors (Lipinski definition) is 5. The minimum absolute atomic E-state index is 0.0870. The zero-order valence-electron chi connectivity index (χ0n) is 20.9. The van der Waals surface area contributed by atoms with E-state index in [1.165, 1.54) is 24.8 Å². The Hall–Kier alpha value is -2.95. The number of ether oxygens (including phenoxy) is 2. The van der Waals surface area contributed by atoms with E-state index in [4.69, 9.17) is 9.47 Å². The van der Waals surface area contributed by atoms with Crippen LogP contribution in [0.3, 0.4) is 0 Å². The van der Waals surface area contributed by atoms with Gasteiger partial charge in [-0.25, -0.2) is 0 Å². The van der Waals surface area contributed by atoms with Gasteiger partial charge in [-0.15, -0.1) is 0 Å². The van der Waals surface area contributed by atoms with E-state index in [-0.39, 0.29) is 18.0 Å². The number of hydrogen-bond donors (Lipinski definition) is 0. The Kier molecular flexibility index (Phi) is 12.7. The average Bonchev–Trinajstić information content (AvgIpc) is 2.85. The predicted molar refractivity (Wildman–Crippen MR) is 137 cm³/mol. The summed E-state index contributed by atoms with van der Waals surface area (Å²) in [7, 11) is 0. The molecule has 1 heterocycles. The summed E-state index contributed by atoms with van der Waals surface area (Å²) in [5, 5.41) is 0. The molecule has 0 aliphatic carbocycles. The summed E-state index contributed by atoms with van der Waals surface area (Å²) in [5.74, 6) is 0.0848. The van der Waals surface area contributed by atoms with Gasteiger partial charge in [-0.1, -0.05) is 63.1 Å². The van der Waals surface area contributed by atoms with Gasteiger partial charge in [-0.05, 0) is 63.1 Å². The van der Waals surface area contributed by atoms with Crippen molar-refractivity contribution in [2.24, 2.45) is 0 Å². The summed E-state index contributed by atoms with van der Waals surface area (Å²) in [5.41, 5.74) is 3.01. The number of carbonyl (C=O) groups excluding carboxylic acids is 2. The normalized spacial score (nSPS) is 12.0. The number of allylic oxidation sites excluding steroid dienone is 2. The first-order valence-corrected chi connectivity index (χ1v) is 12.6. The van der Waals surface area contributed by atoms with Gasteiger partial charge >= 0.3 is 11.9 Å². The molecule has 0 aliphatic rings. The van der Waals surface area contributed by atoms with Crippen LogP contribution in [0.1, 0.15) is 84.1 Å². The number of pyridine rings is 1. The van der Waals surface area contributed by atoms with Gasteiger partial charge in [0, 0.05) is 18.4 Å². The van der Waals surface area contributed by atoms with Crippen LogP contribution < -0.4 is 4.74 Å². The highest BCUT2D eigenvalue weighted by molar-refractivity contribution is 5.72. The summed E-state index contributed by atoms with van der Waals surface area (Å²) < 4.78 is 10.7. The van der Waals surface area contributed by atoms with E-state index in [2.05, 4.69) is 36.2 Å². The van der Waals surface area contributed by atoms with Gasteiger partial charge in [0.15, 0.2) is 0 Å². The number of aryl methyl sites for hydroxylation is 1. The number of benzene rings is 1. The molecule has 2 aromatic rings. The molecular weight excluding hydrogens is 426 g/mol. The van der Waals surface area contributed by atoms with Gasteiger partial charge in [0.25, 0.3) is 0 Å². The van der Waals surface area contributed by atoms with Crippen molar-refractivity contribution >= 4 is 11.9 Å². The zero-order chi connectivity index (χ0) is 24.6. The van der Waals surface area contributed by atoms with Crippen LogP contribution in [0.4, 0.5) is 0 Å². The first-order valence-electron chi connectivity index (χ1n) is 12.6. The van der Waals surface area contributed by atoms with Crippen LogP contribution in [0.5, 0.6) is 5.75 Å². The molecule has 1 atom stereocenters. The van der Waals surface area contributed by atoms with E-state index in [0.29, 0.717) is 18.6 Å². The van der Waals surface area contributed by atoms with Gasteiger partial charge in [-0.3, -0.25) is 14.6 Å². The van der Waals surface area contributed by atoms with Crippen LogP contribution in [0.25, 0.3) is 11.3 Å². The Labute approximate surface area is 204 Å². The van der Waals surface area contributed by atoms with Gasteiger partial charge < -0.3 is 9.47 Å². The predicted octanol–water partition coefficient (Wildman–Crippen LogP) is 7.24. The minimum Gasteiger partial charge on any atom is -0.463 e. The minimum atomic E-state index is -0.225. The maximum absolute atomic E-state index is 12.1. The van der Waals surface area contributed by atoms with Crippen molar-refractivity contribution in [3.05, 3.63) is 60.3 Å². The van der Waals surface area contributed by atoms with Crippen LogP contribution in [0.15, 0.2) is 54.7 Å². The molecule has 5 heteroatoms. The lowest BCUT2D eigenvalue weighted by molar-refractivity contribution is -0.148. The van der Waals surface area contributed by atoms with E-state index in [9.17, 15) is 9.59 Å². The third-order valence-corrected chi connectivity index (χ3v) is 5.57. The van der Waals surface area contributed by atoms with Crippen LogP contribution in [0.2, 0.25) is 0 Å². The summed E-state index contributed by atoms with van der Waals surface area (Å²) in [6, 6.07) is 11.8. The second kappa shape index (κ2) is 15.8.